The zero-order valence-corrected chi connectivity index (χ0v) is 18.4. The SMILES string of the molecule is CC(C)c1ccc(NC(=O)CSc2nnc(CC(=O)Nc3ccc(F)cc3)n2C)cc1. The number of carbonyl (C=O) groups is 2. The highest BCUT2D eigenvalue weighted by Crippen LogP contribution is 2.19. The van der Waals surface area contributed by atoms with E-state index in [1.54, 1.807) is 11.6 Å². The predicted molar refractivity (Wildman–Crippen MR) is 120 cm³/mol. The van der Waals surface area contributed by atoms with Gasteiger partial charge in [-0.05, 0) is 47.9 Å². The molecular weight excluding hydrogens is 417 g/mol. The van der Waals surface area contributed by atoms with Crippen LogP contribution in [-0.4, -0.2) is 32.3 Å². The maximum absolute atomic E-state index is 13.0. The van der Waals surface area contributed by atoms with E-state index in [0.717, 1.165) is 5.69 Å². The second kappa shape index (κ2) is 10.2. The minimum atomic E-state index is -0.371. The van der Waals surface area contributed by atoms with E-state index in [9.17, 15) is 14.0 Å². The van der Waals surface area contributed by atoms with Gasteiger partial charge >= 0.3 is 0 Å². The van der Waals surface area contributed by atoms with Gasteiger partial charge in [0.1, 0.15) is 11.6 Å². The van der Waals surface area contributed by atoms with Crippen LogP contribution in [-0.2, 0) is 23.1 Å². The molecule has 0 fully saturated rings. The van der Waals surface area contributed by atoms with Crippen molar-refractivity contribution >= 4 is 35.0 Å². The zero-order valence-electron chi connectivity index (χ0n) is 17.6. The number of carbonyl (C=O) groups excluding carboxylic acids is 2. The van der Waals surface area contributed by atoms with Gasteiger partial charge < -0.3 is 15.2 Å². The van der Waals surface area contributed by atoms with E-state index in [0.29, 0.717) is 22.6 Å². The average Bonchev–Trinajstić information content (AvgIpc) is 3.08. The Bertz CT molecular complexity index is 1050. The molecule has 0 unspecified atom stereocenters. The molecule has 7 nitrogen and oxygen atoms in total. The van der Waals surface area contributed by atoms with Crippen LogP contribution in [0.25, 0.3) is 0 Å². The number of nitrogens with one attached hydrogen (secondary N) is 2. The van der Waals surface area contributed by atoms with Gasteiger partial charge in [-0.15, -0.1) is 10.2 Å². The Balaban J connectivity index is 1.50. The van der Waals surface area contributed by atoms with E-state index < -0.39 is 0 Å². The molecule has 9 heteroatoms. The molecule has 0 saturated carbocycles. The fourth-order valence-electron chi connectivity index (χ4n) is 2.79. The molecule has 2 amide bonds. The maximum atomic E-state index is 13.0. The van der Waals surface area contributed by atoms with E-state index in [2.05, 4.69) is 34.7 Å². The van der Waals surface area contributed by atoms with Crippen molar-refractivity contribution in [1.82, 2.24) is 14.8 Å². The first-order valence-electron chi connectivity index (χ1n) is 9.78. The van der Waals surface area contributed by atoms with Crippen molar-refractivity contribution in [2.45, 2.75) is 31.3 Å². The number of halogens is 1. The fraction of sp³-hybridized carbons (Fsp3) is 0.273. The normalized spacial score (nSPS) is 10.9. The number of amides is 2. The van der Waals surface area contributed by atoms with Crippen molar-refractivity contribution in [3.05, 3.63) is 65.7 Å². The van der Waals surface area contributed by atoms with Gasteiger partial charge in [-0.1, -0.05) is 37.7 Å². The van der Waals surface area contributed by atoms with Crippen LogP contribution in [0.3, 0.4) is 0 Å². The van der Waals surface area contributed by atoms with Crippen LogP contribution >= 0.6 is 11.8 Å². The Morgan fingerprint density at radius 3 is 2.16 bits per heavy atom. The van der Waals surface area contributed by atoms with Crippen LogP contribution in [0.15, 0.2) is 53.7 Å². The number of anilines is 2. The first-order chi connectivity index (χ1) is 14.8. The number of aromatic nitrogens is 3. The van der Waals surface area contributed by atoms with E-state index >= 15 is 0 Å². The summed E-state index contributed by atoms with van der Waals surface area (Å²) in [6, 6.07) is 13.3. The largest absolute Gasteiger partial charge is 0.326 e. The molecule has 0 aliphatic carbocycles. The third-order valence-electron chi connectivity index (χ3n) is 4.57. The highest BCUT2D eigenvalue weighted by Gasteiger charge is 2.15. The van der Waals surface area contributed by atoms with Crippen LogP contribution in [0.4, 0.5) is 15.8 Å². The summed E-state index contributed by atoms with van der Waals surface area (Å²) in [6.45, 7) is 4.23. The summed E-state index contributed by atoms with van der Waals surface area (Å²) in [6.07, 6.45) is 0.00975. The van der Waals surface area contributed by atoms with Crippen molar-refractivity contribution in [3.8, 4) is 0 Å². The topological polar surface area (TPSA) is 88.9 Å². The lowest BCUT2D eigenvalue weighted by Gasteiger charge is -2.08. The molecule has 31 heavy (non-hydrogen) atoms. The summed E-state index contributed by atoms with van der Waals surface area (Å²) in [5, 5.41) is 14.2. The van der Waals surface area contributed by atoms with Crippen molar-refractivity contribution in [2.24, 2.45) is 7.05 Å². The molecule has 0 spiro atoms. The molecule has 0 bridgehead atoms. The fourth-order valence-corrected chi connectivity index (χ4v) is 3.52. The second-order valence-corrected chi connectivity index (χ2v) is 8.25. The summed E-state index contributed by atoms with van der Waals surface area (Å²) < 4.78 is 14.6. The summed E-state index contributed by atoms with van der Waals surface area (Å²) in [7, 11) is 1.74. The molecule has 1 aromatic heterocycles. The summed E-state index contributed by atoms with van der Waals surface area (Å²) in [4.78, 5) is 24.5. The smallest absolute Gasteiger partial charge is 0.234 e. The standard InChI is InChI=1S/C22H24FN5O2S/c1-14(2)15-4-8-17(9-5-15)25-21(30)13-31-22-27-26-19(28(22)3)12-20(29)24-18-10-6-16(23)7-11-18/h4-11,14H,12-13H2,1-3H3,(H,24,29)(H,25,30). The van der Waals surface area contributed by atoms with Gasteiger partial charge in [-0.25, -0.2) is 4.39 Å². The molecule has 1 heterocycles. The summed E-state index contributed by atoms with van der Waals surface area (Å²) in [5.41, 5.74) is 2.45. The number of hydrogen-bond donors (Lipinski definition) is 2. The van der Waals surface area contributed by atoms with Gasteiger partial charge in [-0.3, -0.25) is 9.59 Å². The molecule has 162 valence electrons. The minimum absolute atomic E-state index is 0.00975. The highest BCUT2D eigenvalue weighted by molar-refractivity contribution is 7.99. The lowest BCUT2D eigenvalue weighted by atomic mass is 10.0. The number of benzene rings is 2. The number of nitrogens with zero attached hydrogens (tertiary/aromatic N) is 3. The van der Waals surface area contributed by atoms with Gasteiger partial charge in [-0.2, -0.15) is 0 Å². The van der Waals surface area contributed by atoms with Crippen LogP contribution in [0.2, 0.25) is 0 Å². The highest BCUT2D eigenvalue weighted by atomic mass is 32.2. The molecule has 2 aromatic carbocycles. The summed E-state index contributed by atoms with van der Waals surface area (Å²) >= 11 is 1.24. The number of hydrogen-bond acceptors (Lipinski definition) is 5. The Labute approximate surface area is 184 Å². The zero-order chi connectivity index (χ0) is 22.4. The molecule has 3 aromatic rings. The van der Waals surface area contributed by atoms with Gasteiger partial charge in [0.15, 0.2) is 5.16 Å². The first kappa shape index (κ1) is 22.5. The van der Waals surface area contributed by atoms with Crippen molar-refractivity contribution in [2.75, 3.05) is 16.4 Å². The van der Waals surface area contributed by atoms with Gasteiger partial charge in [0.25, 0.3) is 0 Å². The summed E-state index contributed by atoms with van der Waals surface area (Å²) in [5.74, 6) is 0.251. The molecule has 0 radical (unpaired) electrons. The molecule has 0 saturated heterocycles. The molecule has 0 atom stereocenters. The minimum Gasteiger partial charge on any atom is -0.326 e. The third-order valence-corrected chi connectivity index (χ3v) is 5.59. The molecule has 0 aliphatic heterocycles. The van der Waals surface area contributed by atoms with Crippen LogP contribution in [0, 0.1) is 5.82 Å². The quantitative estimate of drug-likeness (QED) is 0.516. The van der Waals surface area contributed by atoms with Crippen molar-refractivity contribution in [3.63, 3.8) is 0 Å². The lowest BCUT2D eigenvalue weighted by Crippen LogP contribution is -2.17. The van der Waals surface area contributed by atoms with Crippen LogP contribution in [0.1, 0.15) is 31.2 Å². The van der Waals surface area contributed by atoms with Gasteiger partial charge in [0.05, 0.1) is 12.2 Å². The molecule has 2 N–H and O–H groups in total. The maximum Gasteiger partial charge on any atom is 0.234 e. The third kappa shape index (κ3) is 6.39. The van der Waals surface area contributed by atoms with E-state index in [4.69, 9.17) is 0 Å². The van der Waals surface area contributed by atoms with Crippen molar-refractivity contribution < 1.29 is 14.0 Å². The van der Waals surface area contributed by atoms with E-state index in [-0.39, 0.29) is 29.8 Å². The molecular formula is C22H24FN5O2S. The Morgan fingerprint density at radius 1 is 0.968 bits per heavy atom. The Kier molecular flexibility index (Phi) is 7.41. The number of thioether (sulfide) groups is 1. The Morgan fingerprint density at radius 2 is 1.55 bits per heavy atom. The monoisotopic (exact) mass is 441 g/mol. The van der Waals surface area contributed by atoms with Gasteiger partial charge in [0.2, 0.25) is 11.8 Å². The number of rotatable bonds is 8. The van der Waals surface area contributed by atoms with Crippen LogP contribution < -0.4 is 10.6 Å². The first-order valence-corrected chi connectivity index (χ1v) is 10.8. The van der Waals surface area contributed by atoms with Gasteiger partial charge in [0, 0.05) is 18.4 Å². The Hall–Kier alpha value is -3.20. The average molecular weight is 442 g/mol. The van der Waals surface area contributed by atoms with Crippen LogP contribution in [0.5, 0.6) is 0 Å². The van der Waals surface area contributed by atoms with E-state index in [1.807, 2.05) is 24.3 Å². The molecule has 3 rings (SSSR count). The predicted octanol–water partition coefficient (Wildman–Crippen LogP) is 3.99. The van der Waals surface area contributed by atoms with Crippen molar-refractivity contribution in [1.29, 1.82) is 0 Å². The second-order valence-electron chi connectivity index (χ2n) is 7.30. The van der Waals surface area contributed by atoms with E-state index in [1.165, 1.54) is 41.6 Å². The lowest BCUT2D eigenvalue weighted by molar-refractivity contribution is -0.116. The molecule has 0 aliphatic rings.